The molecule has 1 aromatic rings. The number of hydrogen-bond donors (Lipinski definition) is 0. The summed E-state index contributed by atoms with van der Waals surface area (Å²) in [7, 11) is 0. The maximum absolute atomic E-state index is 8.78. The lowest BCUT2D eigenvalue weighted by Crippen LogP contribution is -1.83. The van der Waals surface area contributed by atoms with Crippen molar-refractivity contribution in [2.24, 2.45) is 0 Å². The zero-order chi connectivity index (χ0) is 11.3. The molecule has 0 saturated heterocycles. The van der Waals surface area contributed by atoms with Gasteiger partial charge in [0, 0.05) is 0 Å². The molecule has 0 aromatic heterocycles. The molecule has 0 bridgehead atoms. The zero-order valence-corrected chi connectivity index (χ0v) is 9.25. The number of rotatable bonds is 3. The third kappa shape index (κ3) is 3.11. The molecule has 0 fully saturated rings. The lowest BCUT2D eigenvalue weighted by Gasteiger charge is -2.00. The smallest absolute Gasteiger partial charge is 0.0991 e. The number of nitrogens with zero attached hydrogens (tertiary/aromatic N) is 1. The van der Waals surface area contributed by atoms with Crippen LogP contribution in [0.1, 0.15) is 30.0 Å². The molecule has 0 aliphatic heterocycles. The van der Waals surface area contributed by atoms with E-state index >= 15 is 0 Å². The van der Waals surface area contributed by atoms with Crippen LogP contribution in [0.4, 0.5) is 0 Å². The summed E-state index contributed by atoms with van der Waals surface area (Å²) in [6, 6.07) is 7.84. The Balaban J connectivity index is 2.99. The van der Waals surface area contributed by atoms with Crippen molar-refractivity contribution in [1.29, 1.82) is 5.26 Å². The Morgan fingerprint density at radius 3 is 2.87 bits per heavy atom. The van der Waals surface area contributed by atoms with E-state index in [9.17, 15) is 0 Å². The van der Waals surface area contributed by atoms with Gasteiger partial charge in [-0.25, -0.2) is 0 Å². The van der Waals surface area contributed by atoms with Crippen LogP contribution in [0.3, 0.4) is 0 Å². The van der Waals surface area contributed by atoms with Crippen molar-refractivity contribution in [3.05, 3.63) is 53.1 Å². The Kier molecular flexibility index (Phi) is 3.88. The SMILES string of the molecule is C=C(/C=C\c1cc(C#N)ccc1C)CC. The van der Waals surface area contributed by atoms with Crippen molar-refractivity contribution in [3.8, 4) is 6.07 Å². The van der Waals surface area contributed by atoms with Gasteiger partial charge in [0.05, 0.1) is 11.6 Å². The number of hydrogen-bond acceptors (Lipinski definition) is 1. The summed E-state index contributed by atoms with van der Waals surface area (Å²) in [5.74, 6) is 0. The van der Waals surface area contributed by atoms with E-state index < -0.39 is 0 Å². The Bertz CT molecular complexity index is 433. The van der Waals surface area contributed by atoms with E-state index in [1.165, 1.54) is 5.56 Å². The topological polar surface area (TPSA) is 23.8 Å². The third-order valence-electron chi connectivity index (χ3n) is 2.36. The van der Waals surface area contributed by atoms with Crippen molar-refractivity contribution in [2.75, 3.05) is 0 Å². The highest BCUT2D eigenvalue weighted by atomic mass is 14.2. The molecule has 0 amide bonds. The van der Waals surface area contributed by atoms with Crippen LogP contribution in [0.5, 0.6) is 0 Å². The fourth-order valence-corrected chi connectivity index (χ4v) is 1.22. The number of nitriles is 1. The second kappa shape index (κ2) is 5.17. The highest BCUT2D eigenvalue weighted by Crippen LogP contribution is 2.13. The molecule has 76 valence electrons. The van der Waals surface area contributed by atoms with Gasteiger partial charge in [0.1, 0.15) is 0 Å². The van der Waals surface area contributed by atoms with E-state index in [0.29, 0.717) is 5.56 Å². The summed E-state index contributed by atoms with van der Waals surface area (Å²) in [6.07, 6.45) is 4.97. The highest BCUT2D eigenvalue weighted by Gasteiger charge is 1.96. The van der Waals surface area contributed by atoms with Gasteiger partial charge in [-0.15, -0.1) is 0 Å². The van der Waals surface area contributed by atoms with Gasteiger partial charge in [-0.2, -0.15) is 5.26 Å². The predicted molar refractivity (Wildman–Crippen MR) is 64.4 cm³/mol. The monoisotopic (exact) mass is 197 g/mol. The molecule has 1 aromatic carbocycles. The Morgan fingerprint density at radius 1 is 1.53 bits per heavy atom. The maximum Gasteiger partial charge on any atom is 0.0991 e. The molecular formula is C14H15N. The molecule has 0 unspecified atom stereocenters. The molecule has 0 heterocycles. The van der Waals surface area contributed by atoms with E-state index in [4.69, 9.17) is 5.26 Å². The maximum atomic E-state index is 8.78. The molecule has 0 spiro atoms. The van der Waals surface area contributed by atoms with Crippen molar-refractivity contribution >= 4 is 6.08 Å². The van der Waals surface area contributed by atoms with Crippen LogP contribution >= 0.6 is 0 Å². The van der Waals surface area contributed by atoms with Crippen molar-refractivity contribution in [1.82, 2.24) is 0 Å². The van der Waals surface area contributed by atoms with Gasteiger partial charge >= 0.3 is 0 Å². The zero-order valence-electron chi connectivity index (χ0n) is 9.25. The van der Waals surface area contributed by atoms with Gasteiger partial charge in [-0.05, 0) is 36.6 Å². The fourth-order valence-electron chi connectivity index (χ4n) is 1.22. The first-order valence-electron chi connectivity index (χ1n) is 5.04. The van der Waals surface area contributed by atoms with Crippen LogP contribution in [0, 0.1) is 18.3 Å². The average molecular weight is 197 g/mol. The molecule has 1 rings (SSSR count). The van der Waals surface area contributed by atoms with Crippen molar-refractivity contribution in [2.45, 2.75) is 20.3 Å². The second-order valence-corrected chi connectivity index (χ2v) is 3.53. The Morgan fingerprint density at radius 2 is 2.27 bits per heavy atom. The van der Waals surface area contributed by atoms with E-state index in [0.717, 1.165) is 17.6 Å². The molecule has 15 heavy (non-hydrogen) atoms. The molecule has 0 atom stereocenters. The summed E-state index contributed by atoms with van der Waals surface area (Å²) < 4.78 is 0. The second-order valence-electron chi connectivity index (χ2n) is 3.53. The standard InChI is InChI=1S/C14H15N/c1-4-11(2)5-8-14-9-13(10-15)7-6-12(14)3/h5-9H,2,4H2,1,3H3/b8-5-. The van der Waals surface area contributed by atoms with Gasteiger partial charge in [0.2, 0.25) is 0 Å². The van der Waals surface area contributed by atoms with Crippen LogP contribution in [0.2, 0.25) is 0 Å². The molecule has 0 saturated carbocycles. The first kappa shape index (κ1) is 11.3. The van der Waals surface area contributed by atoms with E-state index in [2.05, 4.69) is 19.6 Å². The van der Waals surface area contributed by atoms with Crippen LogP contribution in [0.25, 0.3) is 6.08 Å². The summed E-state index contributed by atoms with van der Waals surface area (Å²) in [4.78, 5) is 0. The lowest BCUT2D eigenvalue weighted by molar-refractivity contribution is 1.16. The van der Waals surface area contributed by atoms with Gasteiger partial charge in [0.25, 0.3) is 0 Å². The quantitative estimate of drug-likeness (QED) is 0.675. The minimum atomic E-state index is 0.697. The molecule has 0 aliphatic carbocycles. The van der Waals surface area contributed by atoms with Crippen molar-refractivity contribution in [3.63, 3.8) is 0 Å². The van der Waals surface area contributed by atoms with Crippen LogP contribution in [-0.2, 0) is 0 Å². The first-order chi connectivity index (χ1) is 7.17. The van der Waals surface area contributed by atoms with Crippen LogP contribution < -0.4 is 0 Å². The van der Waals surface area contributed by atoms with Gasteiger partial charge in [-0.3, -0.25) is 0 Å². The van der Waals surface area contributed by atoms with Gasteiger partial charge < -0.3 is 0 Å². The van der Waals surface area contributed by atoms with Gasteiger partial charge in [0.15, 0.2) is 0 Å². The first-order valence-corrected chi connectivity index (χ1v) is 5.04. The largest absolute Gasteiger partial charge is 0.192 e. The van der Waals surface area contributed by atoms with E-state index in [-0.39, 0.29) is 0 Å². The normalized spacial score (nSPS) is 10.2. The summed E-state index contributed by atoms with van der Waals surface area (Å²) >= 11 is 0. The summed E-state index contributed by atoms with van der Waals surface area (Å²) in [5.41, 5.74) is 4.05. The number of aryl methyl sites for hydroxylation is 1. The van der Waals surface area contributed by atoms with Crippen LogP contribution in [-0.4, -0.2) is 0 Å². The van der Waals surface area contributed by atoms with Crippen LogP contribution in [0.15, 0.2) is 36.4 Å². The Labute approximate surface area is 91.4 Å². The molecule has 0 N–H and O–H groups in total. The van der Waals surface area contributed by atoms with Crippen molar-refractivity contribution < 1.29 is 0 Å². The fraction of sp³-hybridized carbons (Fsp3) is 0.214. The molecular weight excluding hydrogens is 182 g/mol. The molecule has 0 radical (unpaired) electrons. The number of allylic oxidation sites excluding steroid dienone is 2. The minimum Gasteiger partial charge on any atom is -0.192 e. The summed E-state index contributed by atoms with van der Waals surface area (Å²) in [5, 5.41) is 8.78. The van der Waals surface area contributed by atoms with Gasteiger partial charge in [-0.1, -0.05) is 37.3 Å². The van der Waals surface area contributed by atoms with E-state index in [1.54, 1.807) is 0 Å². The molecule has 1 heteroatoms. The summed E-state index contributed by atoms with van der Waals surface area (Å²) in [6.45, 7) is 8.02. The predicted octanol–water partition coefficient (Wildman–Crippen LogP) is 3.85. The Hall–Kier alpha value is -1.81. The average Bonchev–Trinajstić information content (AvgIpc) is 2.27. The molecule has 0 aliphatic rings. The third-order valence-corrected chi connectivity index (χ3v) is 2.36. The minimum absolute atomic E-state index is 0.697. The van der Waals surface area contributed by atoms with E-state index in [1.807, 2.05) is 37.3 Å². The highest BCUT2D eigenvalue weighted by molar-refractivity contribution is 5.58. The molecule has 1 nitrogen and oxygen atoms in total. The lowest BCUT2D eigenvalue weighted by atomic mass is 10.0. The number of benzene rings is 1.